The van der Waals surface area contributed by atoms with E-state index in [0.717, 1.165) is 63.6 Å². The molecule has 0 saturated carbocycles. The highest BCUT2D eigenvalue weighted by molar-refractivity contribution is 5.83. The summed E-state index contributed by atoms with van der Waals surface area (Å²) in [6, 6.07) is 35.1. The Kier molecular flexibility index (Phi) is 8.24. The first-order chi connectivity index (χ1) is 21.1. The van der Waals surface area contributed by atoms with E-state index in [-0.39, 0.29) is 0 Å². The molecule has 7 nitrogen and oxygen atoms in total. The summed E-state index contributed by atoms with van der Waals surface area (Å²) >= 11 is 0. The lowest BCUT2D eigenvalue weighted by Gasteiger charge is -2.30. The molecule has 0 aliphatic rings. The van der Waals surface area contributed by atoms with Crippen LogP contribution in [0.5, 0.6) is 11.5 Å². The van der Waals surface area contributed by atoms with E-state index in [1.807, 2.05) is 36.4 Å². The minimum atomic E-state index is -0.843. The van der Waals surface area contributed by atoms with E-state index < -0.39 is 5.54 Å². The third kappa shape index (κ3) is 6.17. The number of aromatic nitrogens is 4. The lowest BCUT2D eigenvalue weighted by Crippen LogP contribution is -2.44. The molecule has 0 bridgehead atoms. The lowest BCUT2D eigenvalue weighted by molar-refractivity contribution is 0.380. The van der Waals surface area contributed by atoms with E-state index in [1.54, 1.807) is 14.2 Å². The molecule has 0 unspecified atom stereocenters. The van der Waals surface area contributed by atoms with Gasteiger partial charge in [0.1, 0.15) is 17.3 Å². The van der Waals surface area contributed by atoms with E-state index >= 15 is 0 Å². The zero-order valence-corrected chi connectivity index (χ0v) is 24.7. The maximum Gasteiger partial charge on any atom is 0.154 e. The molecular weight excluding hydrogens is 534 g/mol. The number of fused-ring (bicyclic) bond motifs is 1. The van der Waals surface area contributed by atoms with Crippen molar-refractivity contribution in [3.63, 3.8) is 0 Å². The molecule has 43 heavy (non-hydrogen) atoms. The molecule has 3 N–H and O–H groups in total. The van der Waals surface area contributed by atoms with Crippen molar-refractivity contribution in [2.75, 3.05) is 14.2 Å². The number of ether oxygens (including phenoxy) is 2. The smallest absolute Gasteiger partial charge is 0.154 e. The number of rotatable bonds is 12. The number of hydrogen-bond acceptors (Lipinski definition) is 5. The molecular formula is C36H37N5O2. The molecule has 0 amide bonds. The first-order valence-electron chi connectivity index (χ1n) is 14.6. The number of nitrogens with two attached hydrogens (primary N) is 1. The quantitative estimate of drug-likeness (QED) is 0.181. The van der Waals surface area contributed by atoms with E-state index in [2.05, 4.69) is 82.5 Å². The number of aryl methyl sites for hydroxylation is 2. The first-order valence-corrected chi connectivity index (χ1v) is 14.6. The minimum absolute atomic E-state index is 0.515. The van der Waals surface area contributed by atoms with Crippen molar-refractivity contribution in [2.45, 2.75) is 37.8 Å². The van der Waals surface area contributed by atoms with Crippen LogP contribution in [0.1, 0.15) is 33.9 Å². The standard InChI is InChI=1S/C36H37N5O2/c1-42-30-19-18-28(33(21-30)43-2)25-41-34(20-17-26-11-5-3-6-12-26)39-40-35(41)36(37,22-27-13-7-4-8-14-27)23-29-24-38-32-16-10-9-15-31(29)32/h3-16,18-19,21,24,38H,17,20,22-23,25,37H2,1-2H3/t36-/m1/s1. The summed E-state index contributed by atoms with van der Waals surface area (Å²) in [6.45, 7) is 0.515. The van der Waals surface area contributed by atoms with Crippen LogP contribution >= 0.6 is 0 Å². The van der Waals surface area contributed by atoms with Gasteiger partial charge in [0.2, 0.25) is 0 Å². The second kappa shape index (κ2) is 12.5. The van der Waals surface area contributed by atoms with Crippen LogP contribution < -0.4 is 15.2 Å². The fourth-order valence-electron chi connectivity index (χ4n) is 5.91. The van der Waals surface area contributed by atoms with Gasteiger partial charge in [-0.15, -0.1) is 10.2 Å². The number of benzene rings is 4. The Labute approximate surface area is 252 Å². The summed E-state index contributed by atoms with van der Waals surface area (Å²) in [5.74, 6) is 3.13. The Hall–Kier alpha value is -4.88. The summed E-state index contributed by atoms with van der Waals surface area (Å²) in [6.07, 6.45) is 4.83. The monoisotopic (exact) mass is 571 g/mol. The van der Waals surface area contributed by atoms with Crippen LogP contribution in [0, 0.1) is 0 Å². The Morgan fingerprint density at radius 2 is 1.47 bits per heavy atom. The van der Waals surface area contributed by atoms with Crippen LogP contribution in [0.4, 0.5) is 0 Å². The molecule has 218 valence electrons. The first kappa shape index (κ1) is 28.2. The molecule has 0 spiro atoms. The summed E-state index contributed by atoms with van der Waals surface area (Å²) in [5, 5.41) is 10.8. The third-order valence-electron chi connectivity index (χ3n) is 8.12. The maximum absolute atomic E-state index is 7.54. The van der Waals surface area contributed by atoms with Gasteiger partial charge in [-0.1, -0.05) is 78.9 Å². The molecule has 0 radical (unpaired) electrons. The highest BCUT2D eigenvalue weighted by atomic mass is 16.5. The Bertz CT molecular complexity index is 1800. The van der Waals surface area contributed by atoms with E-state index in [0.29, 0.717) is 19.4 Å². The van der Waals surface area contributed by atoms with Crippen molar-refractivity contribution in [2.24, 2.45) is 5.73 Å². The van der Waals surface area contributed by atoms with Crippen LogP contribution in [0.3, 0.4) is 0 Å². The molecule has 0 saturated heterocycles. The van der Waals surface area contributed by atoms with Gasteiger partial charge >= 0.3 is 0 Å². The number of nitrogens with zero attached hydrogens (tertiary/aromatic N) is 3. The van der Waals surface area contributed by atoms with Crippen molar-refractivity contribution < 1.29 is 9.47 Å². The van der Waals surface area contributed by atoms with E-state index in [9.17, 15) is 0 Å². The summed E-state index contributed by atoms with van der Waals surface area (Å²) in [4.78, 5) is 3.42. The maximum atomic E-state index is 7.54. The summed E-state index contributed by atoms with van der Waals surface area (Å²) in [5.41, 5.74) is 12.3. The molecule has 6 rings (SSSR count). The number of methoxy groups -OCH3 is 2. The van der Waals surface area contributed by atoms with Crippen molar-refractivity contribution in [3.05, 3.63) is 143 Å². The molecule has 0 aliphatic heterocycles. The van der Waals surface area contributed by atoms with Gasteiger partial charge in [-0.2, -0.15) is 0 Å². The molecule has 2 heterocycles. The molecule has 6 aromatic rings. The van der Waals surface area contributed by atoms with Crippen molar-refractivity contribution in [3.8, 4) is 11.5 Å². The van der Waals surface area contributed by atoms with Crippen molar-refractivity contribution >= 4 is 10.9 Å². The number of hydrogen-bond donors (Lipinski definition) is 2. The summed E-state index contributed by atoms with van der Waals surface area (Å²) in [7, 11) is 3.34. The van der Waals surface area contributed by atoms with Crippen LogP contribution in [0.2, 0.25) is 0 Å². The Morgan fingerprint density at radius 1 is 0.744 bits per heavy atom. The molecule has 4 aromatic carbocycles. The van der Waals surface area contributed by atoms with E-state index in [1.165, 1.54) is 5.56 Å². The Morgan fingerprint density at radius 3 is 2.21 bits per heavy atom. The number of H-pyrrole nitrogens is 1. The minimum Gasteiger partial charge on any atom is -0.497 e. The van der Waals surface area contributed by atoms with Gasteiger partial charge < -0.3 is 24.8 Å². The molecule has 2 aromatic heterocycles. The predicted molar refractivity (Wildman–Crippen MR) is 171 cm³/mol. The van der Waals surface area contributed by atoms with Crippen LogP contribution in [0.15, 0.2) is 109 Å². The second-order valence-corrected chi connectivity index (χ2v) is 11.0. The van der Waals surface area contributed by atoms with Gasteiger partial charge in [-0.25, -0.2) is 0 Å². The fourth-order valence-corrected chi connectivity index (χ4v) is 5.91. The van der Waals surface area contributed by atoms with Crippen LogP contribution in [-0.2, 0) is 37.8 Å². The molecule has 0 fully saturated rings. The van der Waals surface area contributed by atoms with Gasteiger partial charge in [0.15, 0.2) is 5.82 Å². The predicted octanol–water partition coefficient (Wildman–Crippen LogP) is 6.25. The normalized spacial score (nSPS) is 12.7. The van der Waals surface area contributed by atoms with Gasteiger partial charge in [0, 0.05) is 41.6 Å². The fraction of sp³-hybridized carbons (Fsp3) is 0.222. The van der Waals surface area contributed by atoms with Gasteiger partial charge in [0.25, 0.3) is 0 Å². The third-order valence-corrected chi connectivity index (χ3v) is 8.12. The lowest BCUT2D eigenvalue weighted by atomic mass is 9.84. The van der Waals surface area contributed by atoms with Gasteiger partial charge in [0.05, 0.1) is 26.3 Å². The Balaban J connectivity index is 1.45. The number of aromatic amines is 1. The average Bonchev–Trinajstić information content (AvgIpc) is 3.65. The highest BCUT2D eigenvalue weighted by Crippen LogP contribution is 2.32. The zero-order valence-electron chi connectivity index (χ0n) is 24.7. The van der Waals surface area contributed by atoms with Gasteiger partial charge in [-0.05, 0) is 47.7 Å². The van der Waals surface area contributed by atoms with Crippen LogP contribution in [-0.4, -0.2) is 34.0 Å². The van der Waals surface area contributed by atoms with Crippen molar-refractivity contribution in [1.29, 1.82) is 0 Å². The zero-order chi connectivity index (χ0) is 29.6. The second-order valence-electron chi connectivity index (χ2n) is 11.0. The van der Waals surface area contributed by atoms with Crippen LogP contribution in [0.25, 0.3) is 10.9 Å². The number of nitrogens with one attached hydrogen (secondary N) is 1. The average molecular weight is 572 g/mol. The van der Waals surface area contributed by atoms with Gasteiger partial charge in [-0.3, -0.25) is 0 Å². The topological polar surface area (TPSA) is 91.0 Å². The SMILES string of the molecule is COc1ccc(Cn2c(CCc3ccccc3)nnc2[C@@](N)(Cc2ccccc2)Cc2c[nH]c3ccccc23)c(OC)c1. The summed E-state index contributed by atoms with van der Waals surface area (Å²) < 4.78 is 13.5. The molecule has 7 heteroatoms. The highest BCUT2D eigenvalue weighted by Gasteiger charge is 2.36. The van der Waals surface area contributed by atoms with Crippen molar-refractivity contribution in [1.82, 2.24) is 19.7 Å². The number of para-hydroxylation sites is 1. The molecule has 0 aliphatic carbocycles. The largest absolute Gasteiger partial charge is 0.497 e. The van der Waals surface area contributed by atoms with E-state index in [4.69, 9.17) is 25.4 Å². The molecule has 1 atom stereocenters.